The maximum atomic E-state index is 11.9. The lowest BCUT2D eigenvalue weighted by atomic mass is 10.2. The summed E-state index contributed by atoms with van der Waals surface area (Å²) in [6.45, 7) is 1.91. The summed E-state index contributed by atoms with van der Waals surface area (Å²) in [6.07, 6.45) is 0. The molecule has 0 heterocycles. The topological polar surface area (TPSA) is 64.3 Å². The molecule has 1 amide bonds. The molecule has 0 fully saturated rings. The van der Waals surface area contributed by atoms with Gasteiger partial charge in [0.2, 0.25) is 0 Å². The molecule has 3 N–H and O–H groups in total. The highest BCUT2D eigenvalue weighted by Gasteiger charge is 2.08. The number of rotatable bonds is 5. The standard InChI is InChI=1S/C16H16N2O2S/c1-11-6-8-12(9-7-11)20-10-15(19)18-14-5-3-2-4-13(14)16(17)21/h2-9H,10H2,1H3,(H2,17,21)(H,18,19). The van der Waals surface area contributed by atoms with E-state index in [2.05, 4.69) is 5.32 Å². The summed E-state index contributed by atoms with van der Waals surface area (Å²) in [7, 11) is 0. The monoisotopic (exact) mass is 300 g/mol. The van der Waals surface area contributed by atoms with Crippen LogP contribution in [0.3, 0.4) is 0 Å². The number of anilines is 1. The van der Waals surface area contributed by atoms with Crippen molar-refractivity contribution >= 4 is 28.8 Å². The van der Waals surface area contributed by atoms with Gasteiger partial charge in [-0.15, -0.1) is 0 Å². The number of thiocarbonyl (C=S) groups is 1. The van der Waals surface area contributed by atoms with Crippen LogP contribution < -0.4 is 15.8 Å². The maximum absolute atomic E-state index is 11.9. The average Bonchev–Trinajstić information content (AvgIpc) is 2.47. The number of carbonyl (C=O) groups is 1. The number of carbonyl (C=O) groups excluding carboxylic acids is 1. The highest BCUT2D eigenvalue weighted by atomic mass is 32.1. The summed E-state index contributed by atoms with van der Waals surface area (Å²) in [4.78, 5) is 12.1. The van der Waals surface area contributed by atoms with Gasteiger partial charge in [0.05, 0.1) is 5.69 Å². The molecule has 0 aromatic heterocycles. The van der Waals surface area contributed by atoms with Crippen LogP contribution in [-0.4, -0.2) is 17.5 Å². The molecule has 0 atom stereocenters. The zero-order chi connectivity index (χ0) is 15.2. The summed E-state index contributed by atoms with van der Waals surface area (Å²) in [5.41, 5.74) is 7.98. The number of hydrogen-bond acceptors (Lipinski definition) is 3. The molecule has 0 aliphatic rings. The van der Waals surface area contributed by atoms with E-state index < -0.39 is 0 Å². The SMILES string of the molecule is Cc1ccc(OCC(=O)Nc2ccccc2C(N)=S)cc1. The van der Waals surface area contributed by atoms with Gasteiger partial charge in [-0.3, -0.25) is 4.79 Å². The van der Waals surface area contributed by atoms with Crippen LogP contribution in [-0.2, 0) is 4.79 Å². The molecule has 0 saturated carbocycles. The molecule has 5 heteroatoms. The van der Waals surface area contributed by atoms with Gasteiger partial charge in [-0.25, -0.2) is 0 Å². The van der Waals surface area contributed by atoms with E-state index in [-0.39, 0.29) is 17.5 Å². The fourth-order valence-corrected chi connectivity index (χ4v) is 1.95. The number of ether oxygens (including phenoxy) is 1. The van der Waals surface area contributed by atoms with Crippen LogP contribution in [0.25, 0.3) is 0 Å². The Morgan fingerprint density at radius 1 is 1.19 bits per heavy atom. The quantitative estimate of drug-likeness (QED) is 0.833. The minimum absolute atomic E-state index is 0.0747. The second kappa shape index (κ2) is 6.85. The number of aryl methyl sites for hydroxylation is 1. The smallest absolute Gasteiger partial charge is 0.262 e. The second-order valence-electron chi connectivity index (χ2n) is 4.56. The molecule has 2 rings (SSSR count). The minimum atomic E-state index is -0.265. The molecule has 2 aromatic carbocycles. The van der Waals surface area contributed by atoms with Crippen molar-refractivity contribution in [3.05, 3.63) is 59.7 Å². The van der Waals surface area contributed by atoms with E-state index in [9.17, 15) is 4.79 Å². The Labute approximate surface area is 128 Å². The number of para-hydroxylation sites is 1. The first-order valence-corrected chi connectivity index (χ1v) is 6.85. The lowest BCUT2D eigenvalue weighted by Gasteiger charge is -2.10. The molecule has 21 heavy (non-hydrogen) atoms. The molecular weight excluding hydrogens is 284 g/mol. The summed E-state index contributed by atoms with van der Waals surface area (Å²) in [5, 5.41) is 2.74. The molecule has 4 nitrogen and oxygen atoms in total. The predicted octanol–water partition coefficient (Wildman–Crippen LogP) is 2.65. The Balaban J connectivity index is 1.96. The van der Waals surface area contributed by atoms with Crippen molar-refractivity contribution in [2.75, 3.05) is 11.9 Å². The molecule has 0 unspecified atom stereocenters. The van der Waals surface area contributed by atoms with E-state index >= 15 is 0 Å². The van der Waals surface area contributed by atoms with Gasteiger partial charge in [0.1, 0.15) is 10.7 Å². The Morgan fingerprint density at radius 3 is 2.52 bits per heavy atom. The Morgan fingerprint density at radius 2 is 1.86 bits per heavy atom. The van der Waals surface area contributed by atoms with Crippen molar-refractivity contribution in [1.82, 2.24) is 0 Å². The first kappa shape index (κ1) is 15.0. The van der Waals surface area contributed by atoms with E-state index in [1.54, 1.807) is 18.2 Å². The molecule has 2 aromatic rings. The fraction of sp³-hybridized carbons (Fsp3) is 0.125. The number of nitrogens with two attached hydrogens (primary N) is 1. The lowest BCUT2D eigenvalue weighted by Crippen LogP contribution is -2.22. The van der Waals surface area contributed by atoms with E-state index in [1.807, 2.05) is 37.3 Å². The Kier molecular flexibility index (Phi) is 4.90. The van der Waals surface area contributed by atoms with Crippen molar-refractivity contribution in [2.24, 2.45) is 5.73 Å². The van der Waals surface area contributed by atoms with Crippen molar-refractivity contribution in [3.63, 3.8) is 0 Å². The van der Waals surface area contributed by atoms with Gasteiger partial charge < -0.3 is 15.8 Å². The summed E-state index contributed by atoms with van der Waals surface area (Å²) < 4.78 is 5.42. The minimum Gasteiger partial charge on any atom is -0.484 e. The largest absolute Gasteiger partial charge is 0.484 e. The maximum Gasteiger partial charge on any atom is 0.262 e. The van der Waals surface area contributed by atoms with Gasteiger partial charge in [-0.05, 0) is 31.2 Å². The fourth-order valence-electron chi connectivity index (χ4n) is 1.78. The van der Waals surface area contributed by atoms with Crippen LogP contribution in [0.5, 0.6) is 5.75 Å². The lowest BCUT2D eigenvalue weighted by molar-refractivity contribution is -0.118. The number of nitrogens with one attached hydrogen (secondary N) is 1. The van der Waals surface area contributed by atoms with Gasteiger partial charge in [0.25, 0.3) is 5.91 Å². The van der Waals surface area contributed by atoms with Crippen LogP contribution >= 0.6 is 12.2 Å². The highest BCUT2D eigenvalue weighted by Crippen LogP contribution is 2.15. The Hall–Kier alpha value is -2.40. The summed E-state index contributed by atoms with van der Waals surface area (Å²) in [5.74, 6) is 0.387. The third kappa shape index (κ3) is 4.29. The second-order valence-corrected chi connectivity index (χ2v) is 5.00. The number of benzene rings is 2. The average molecular weight is 300 g/mol. The first-order valence-electron chi connectivity index (χ1n) is 6.44. The van der Waals surface area contributed by atoms with Gasteiger partial charge in [-0.2, -0.15) is 0 Å². The van der Waals surface area contributed by atoms with Crippen LogP contribution in [0.15, 0.2) is 48.5 Å². The van der Waals surface area contributed by atoms with E-state index in [0.717, 1.165) is 5.56 Å². The third-order valence-electron chi connectivity index (χ3n) is 2.86. The molecule has 0 aliphatic heterocycles. The van der Waals surface area contributed by atoms with Crippen molar-refractivity contribution in [3.8, 4) is 5.75 Å². The van der Waals surface area contributed by atoms with E-state index in [4.69, 9.17) is 22.7 Å². The molecule has 0 spiro atoms. The van der Waals surface area contributed by atoms with Crippen LogP contribution in [0.2, 0.25) is 0 Å². The third-order valence-corrected chi connectivity index (χ3v) is 3.08. The van der Waals surface area contributed by atoms with E-state index in [0.29, 0.717) is 17.0 Å². The van der Waals surface area contributed by atoms with Gasteiger partial charge in [0, 0.05) is 5.56 Å². The van der Waals surface area contributed by atoms with Gasteiger partial charge in [0.15, 0.2) is 6.61 Å². The molecule has 108 valence electrons. The normalized spacial score (nSPS) is 9.95. The zero-order valence-electron chi connectivity index (χ0n) is 11.6. The summed E-state index contributed by atoms with van der Waals surface area (Å²) in [6, 6.07) is 14.6. The van der Waals surface area contributed by atoms with E-state index in [1.165, 1.54) is 0 Å². The first-order chi connectivity index (χ1) is 10.1. The molecule has 0 saturated heterocycles. The summed E-state index contributed by atoms with van der Waals surface area (Å²) >= 11 is 4.95. The van der Waals surface area contributed by atoms with Gasteiger partial charge >= 0.3 is 0 Å². The zero-order valence-corrected chi connectivity index (χ0v) is 12.4. The number of hydrogen-bond donors (Lipinski definition) is 2. The highest BCUT2D eigenvalue weighted by molar-refractivity contribution is 7.80. The van der Waals surface area contributed by atoms with Crippen LogP contribution in [0.1, 0.15) is 11.1 Å². The Bertz CT molecular complexity index is 654. The van der Waals surface area contributed by atoms with Crippen LogP contribution in [0.4, 0.5) is 5.69 Å². The predicted molar refractivity (Wildman–Crippen MR) is 87.6 cm³/mol. The van der Waals surface area contributed by atoms with Crippen molar-refractivity contribution < 1.29 is 9.53 Å². The van der Waals surface area contributed by atoms with Crippen molar-refractivity contribution in [1.29, 1.82) is 0 Å². The van der Waals surface area contributed by atoms with Gasteiger partial charge in [-0.1, -0.05) is 42.0 Å². The molecule has 0 aliphatic carbocycles. The molecule has 0 radical (unpaired) electrons. The molecule has 0 bridgehead atoms. The van der Waals surface area contributed by atoms with Crippen molar-refractivity contribution in [2.45, 2.75) is 6.92 Å². The van der Waals surface area contributed by atoms with Crippen LogP contribution in [0, 0.1) is 6.92 Å². The number of amides is 1. The molecular formula is C16H16N2O2S.